The molecule has 0 spiro atoms. The summed E-state index contributed by atoms with van der Waals surface area (Å²) in [5, 5.41) is 13.5. The van der Waals surface area contributed by atoms with Crippen LogP contribution in [0.15, 0.2) is 46.9 Å². The van der Waals surface area contributed by atoms with Crippen molar-refractivity contribution in [3.63, 3.8) is 0 Å². The molecule has 2 aromatic rings. The van der Waals surface area contributed by atoms with Crippen molar-refractivity contribution in [2.45, 2.75) is 6.92 Å². The van der Waals surface area contributed by atoms with Crippen LogP contribution in [0.1, 0.15) is 11.1 Å². The second kappa shape index (κ2) is 9.29. The monoisotopic (exact) mass is 452 g/mol. The third-order valence-corrected chi connectivity index (χ3v) is 4.30. The molecule has 2 aromatic carbocycles. The summed E-state index contributed by atoms with van der Waals surface area (Å²) >= 11 is 9.06. The van der Waals surface area contributed by atoms with Crippen molar-refractivity contribution in [1.82, 2.24) is 0 Å². The quantitative estimate of drug-likeness (QED) is 0.300. The summed E-state index contributed by atoms with van der Waals surface area (Å²) in [6.45, 7) is 1.45. The highest BCUT2D eigenvalue weighted by Gasteiger charge is 2.12. The van der Waals surface area contributed by atoms with E-state index in [0.717, 1.165) is 11.6 Å². The lowest BCUT2D eigenvalue weighted by molar-refractivity contribution is -0.384. The van der Waals surface area contributed by atoms with Gasteiger partial charge in [0, 0.05) is 16.6 Å². The minimum Gasteiger partial charge on any atom is -0.452 e. The van der Waals surface area contributed by atoms with Crippen molar-refractivity contribution in [2.24, 2.45) is 0 Å². The van der Waals surface area contributed by atoms with Crippen molar-refractivity contribution in [1.29, 1.82) is 0 Å². The summed E-state index contributed by atoms with van der Waals surface area (Å²) in [7, 11) is 0. The largest absolute Gasteiger partial charge is 0.452 e. The molecule has 1 amide bonds. The first kappa shape index (κ1) is 20.6. The minimum atomic E-state index is -0.759. The van der Waals surface area contributed by atoms with Crippen LogP contribution < -0.4 is 5.32 Å². The zero-order valence-corrected chi connectivity index (χ0v) is 16.4. The number of nitro benzene ring substituents is 1. The summed E-state index contributed by atoms with van der Waals surface area (Å²) in [5.74, 6) is -1.26. The van der Waals surface area contributed by atoms with Crippen LogP contribution in [-0.2, 0) is 14.3 Å². The normalized spacial score (nSPS) is 10.6. The van der Waals surface area contributed by atoms with Gasteiger partial charge in [-0.1, -0.05) is 23.7 Å². The SMILES string of the molecule is Cc1ccc(NC(=O)COC(=O)/C=C/c2ccc(Cl)c([N+](=O)[O-])c2)c(Br)c1. The molecule has 0 saturated carbocycles. The fourth-order valence-electron chi connectivity index (χ4n) is 2.03. The average Bonchev–Trinajstić information content (AvgIpc) is 2.61. The lowest BCUT2D eigenvalue weighted by atomic mass is 10.2. The number of hydrogen-bond donors (Lipinski definition) is 1. The number of benzene rings is 2. The molecule has 0 aliphatic rings. The van der Waals surface area contributed by atoms with Gasteiger partial charge in [0.05, 0.1) is 10.6 Å². The molecule has 27 heavy (non-hydrogen) atoms. The van der Waals surface area contributed by atoms with Gasteiger partial charge in [0.2, 0.25) is 0 Å². The number of aryl methyl sites for hydroxylation is 1. The van der Waals surface area contributed by atoms with Crippen LogP contribution >= 0.6 is 27.5 Å². The molecule has 0 saturated heterocycles. The number of halogens is 2. The number of anilines is 1. The van der Waals surface area contributed by atoms with Crippen molar-refractivity contribution in [3.05, 3.63) is 73.2 Å². The number of rotatable bonds is 6. The number of carbonyl (C=O) groups is 2. The third-order valence-electron chi connectivity index (χ3n) is 3.32. The van der Waals surface area contributed by atoms with E-state index in [1.807, 2.05) is 19.1 Å². The van der Waals surface area contributed by atoms with E-state index in [1.165, 1.54) is 24.3 Å². The van der Waals surface area contributed by atoms with Crippen molar-refractivity contribution >= 4 is 56.9 Å². The number of esters is 1. The summed E-state index contributed by atoms with van der Waals surface area (Å²) in [4.78, 5) is 33.8. The summed E-state index contributed by atoms with van der Waals surface area (Å²) in [6.07, 6.45) is 2.40. The van der Waals surface area contributed by atoms with Crippen molar-refractivity contribution in [2.75, 3.05) is 11.9 Å². The Morgan fingerprint density at radius 2 is 2.04 bits per heavy atom. The van der Waals surface area contributed by atoms with Crippen LogP contribution in [0, 0.1) is 17.0 Å². The number of nitrogens with one attached hydrogen (secondary N) is 1. The van der Waals surface area contributed by atoms with E-state index in [0.29, 0.717) is 15.7 Å². The Balaban J connectivity index is 1.90. The van der Waals surface area contributed by atoms with E-state index in [9.17, 15) is 19.7 Å². The van der Waals surface area contributed by atoms with E-state index >= 15 is 0 Å². The molecule has 9 heteroatoms. The maximum atomic E-state index is 11.9. The van der Waals surface area contributed by atoms with Crippen LogP contribution in [0.5, 0.6) is 0 Å². The van der Waals surface area contributed by atoms with Gasteiger partial charge < -0.3 is 10.1 Å². The number of hydrogen-bond acceptors (Lipinski definition) is 5. The molecule has 0 aromatic heterocycles. The molecule has 1 N–H and O–H groups in total. The standard InChI is InChI=1S/C18H14BrClN2O5/c1-11-2-6-15(13(19)8-11)21-17(23)10-27-18(24)7-4-12-3-5-14(20)16(9-12)22(25)26/h2-9H,10H2,1H3,(H,21,23)/b7-4+. The smallest absolute Gasteiger partial charge is 0.331 e. The van der Waals surface area contributed by atoms with Crippen LogP contribution in [0.25, 0.3) is 6.08 Å². The number of nitro groups is 1. The van der Waals surface area contributed by atoms with Gasteiger partial charge in [-0.3, -0.25) is 14.9 Å². The molecule has 0 aliphatic heterocycles. The van der Waals surface area contributed by atoms with Gasteiger partial charge in [0.15, 0.2) is 6.61 Å². The van der Waals surface area contributed by atoms with Crippen LogP contribution in [0.4, 0.5) is 11.4 Å². The average molecular weight is 454 g/mol. The molecular formula is C18H14BrClN2O5. The van der Waals surface area contributed by atoms with Gasteiger partial charge >= 0.3 is 5.97 Å². The number of amides is 1. The number of nitrogens with zero attached hydrogens (tertiary/aromatic N) is 1. The number of ether oxygens (including phenoxy) is 1. The second-order valence-electron chi connectivity index (χ2n) is 5.44. The second-order valence-corrected chi connectivity index (χ2v) is 6.70. The molecule has 0 aliphatic carbocycles. The topological polar surface area (TPSA) is 98.5 Å². The van der Waals surface area contributed by atoms with E-state index in [4.69, 9.17) is 16.3 Å². The van der Waals surface area contributed by atoms with Crippen LogP contribution in [0.3, 0.4) is 0 Å². The predicted molar refractivity (Wildman–Crippen MR) is 106 cm³/mol. The number of carbonyl (C=O) groups excluding carboxylic acids is 2. The molecule has 0 bridgehead atoms. The Bertz CT molecular complexity index is 930. The minimum absolute atomic E-state index is 0.00124. The van der Waals surface area contributed by atoms with E-state index < -0.39 is 23.4 Å². The lowest BCUT2D eigenvalue weighted by Crippen LogP contribution is -2.20. The first-order chi connectivity index (χ1) is 12.8. The third kappa shape index (κ3) is 6.19. The van der Waals surface area contributed by atoms with E-state index in [2.05, 4.69) is 21.2 Å². The summed E-state index contributed by atoms with van der Waals surface area (Å²) in [6, 6.07) is 9.51. The Kier molecular flexibility index (Phi) is 7.09. The highest BCUT2D eigenvalue weighted by molar-refractivity contribution is 9.10. The Hall–Kier alpha value is -2.71. The zero-order chi connectivity index (χ0) is 20.0. The fraction of sp³-hybridized carbons (Fsp3) is 0.111. The molecule has 140 valence electrons. The molecule has 2 rings (SSSR count). The van der Waals surface area contributed by atoms with E-state index in [-0.39, 0.29) is 10.7 Å². The Morgan fingerprint density at radius 1 is 1.30 bits per heavy atom. The van der Waals surface area contributed by atoms with Gasteiger partial charge in [-0.05, 0) is 58.3 Å². The van der Waals surface area contributed by atoms with Crippen molar-refractivity contribution in [3.8, 4) is 0 Å². The van der Waals surface area contributed by atoms with Gasteiger partial charge in [0.1, 0.15) is 5.02 Å². The molecule has 0 unspecified atom stereocenters. The Morgan fingerprint density at radius 3 is 2.70 bits per heavy atom. The van der Waals surface area contributed by atoms with Crippen LogP contribution in [0.2, 0.25) is 5.02 Å². The molecule has 0 fully saturated rings. The maximum absolute atomic E-state index is 11.9. The molecule has 0 radical (unpaired) electrons. The first-order valence-electron chi connectivity index (χ1n) is 7.61. The highest BCUT2D eigenvalue weighted by Crippen LogP contribution is 2.25. The first-order valence-corrected chi connectivity index (χ1v) is 8.78. The Labute approximate surface area is 168 Å². The lowest BCUT2D eigenvalue weighted by Gasteiger charge is -2.08. The highest BCUT2D eigenvalue weighted by atomic mass is 79.9. The summed E-state index contributed by atoms with van der Waals surface area (Å²) < 4.78 is 5.56. The molecule has 0 heterocycles. The zero-order valence-electron chi connectivity index (χ0n) is 14.1. The fourth-order valence-corrected chi connectivity index (χ4v) is 2.81. The molecular weight excluding hydrogens is 440 g/mol. The van der Waals surface area contributed by atoms with Gasteiger partial charge in [0.25, 0.3) is 11.6 Å². The molecule has 0 atom stereocenters. The maximum Gasteiger partial charge on any atom is 0.331 e. The van der Waals surface area contributed by atoms with E-state index in [1.54, 1.807) is 6.07 Å². The predicted octanol–water partition coefficient (Wildman–Crippen LogP) is 4.51. The van der Waals surface area contributed by atoms with Gasteiger partial charge in [-0.2, -0.15) is 0 Å². The van der Waals surface area contributed by atoms with Gasteiger partial charge in [-0.15, -0.1) is 0 Å². The molecule has 7 nitrogen and oxygen atoms in total. The van der Waals surface area contributed by atoms with Gasteiger partial charge in [-0.25, -0.2) is 4.79 Å². The summed E-state index contributed by atoms with van der Waals surface area (Å²) in [5.41, 5.74) is 1.72. The van der Waals surface area contributed by atoms with Crippen LogP contribution in [-0.4, -0.2) is 23.4 Å². The van der Waals surface area contributed by atoms with Crippen molar-refractivity contribution < 1.29 is 19.2 Å².